The predicted molar refractivity (Wildman–Crippen MR) is 80.6 cm³/mol. The third kappa shape index (κ3) is 3.38. The fourth-order valence-electron chi connectivity index (χ4n) is 2.14. The molecule has 0 aliphatic heterocycles. The molecule has 0 radical (unpaired) electrons. The minimum Gasteiger partial charge on any atom is -0.388 e. The van der Waals surface area contributed by atoms with Crippen molar-refractivity contribution in [2.24, 2.45) is 0 Å². The first kappa shape index (κ1) is 15.0. The zero-order valence-corrected chi connectivity index (χ0v) is 12.4. The molecule has 2 aromatic carbocycles. The summed E-state index contributed by atoms with van der Waals surface area (Å²) in [4.78, 5) is 0. The molecular weight excluding hydrogens is 275 g/mol. The normalized spacial score (nSPS) is 12.7. The minimum atomic E-state index is -0.732. The van der Waals surface area contributed by atoms with Crippen molar-refractivity contribution in [2.75, 3.05) is 0 Å². The number of hydrogen-bond donors (Lipinski definition) is 1. The summed E-state index contributed by atoms with van der Waals surface area (Å²) in [7, 11) is 0. The molecule has 2 rings (SSSR count). The fourth-order valence-corrected chi connectivity index (χ4v) is 2.33. The van der Waals surface area contributed by atoms with Crippen LogP contribution in [0, 0.1) is 5.82 Å². The van der Waals surface area contributed by atoms with Gasteiger partial charge in [0.05, 0.1) is 11.1 Å². The van der Waals surface area contributed by atoms with Gasteiger partial charge in [-0.2, -0.15) is 0 Å². The maximum Gasteiger partial charge on any atom is 0.145 e. The van der Waals surface area contributed by atoms with Gasteiger partial charge < -0.3 is 5.11 Å². The van der Waals surface area contributed by atoms with E-state index < -0.39 is 11.9 Å². The summed E-state index contributed by atoms with van der Waals surface area (Å²) in [5.41, 5.74) is 2.43. The van der Waals surface area contributed by atoms with Crippen LogP contribution in [0.2, 0.25) is 5.02 Å². The number of aliphatic hydroxyl groups is 1. The summed E-state index contributed by atoms with van der Waals surface area (Å²) >= 11 is 5.74. The van der Waals surface area contributed by atoms with E-state index in [1.54, 1.807) is 12.1 Å². The first-order valence-corrected chi connectivity index (χ1v) is 7.07. The molecule has 1 N–H and O–H groups in total. The predicted octanol–water partition coefficient (Wildman–Crippen LogP) is 4.88. The van der Waals surface area contributed by atoms with Crippen LogP contribution in [0.5, 0.6) is 0 Å². The van der Waals surface area contributed by atoms with Crippen LogP contribution in [-0.2, 0) is 6.42 Å². The van der Waals surface area contributed by atoms with Crippen LogP contribution in [0.3, 0.4) is 0 Å². The van der Waals surface area contributed by atoms with Crippen molar-refractivity contribution in [3.63, 3.8) is 0 Å². The van der Waals surface area contributed by atoms with Crippen LogP contribution in [-0.4, -0.2) is 5.11 Å². The summed E-state index contributed by atoms with van der Waals surface area (Å²) in [6.45, 7) is 4.24. The van der Waals surface area contributed by atoms with E-state index in [0.717, 1.165) is 5.56 Å². The zero-order chi connectivity index (χ0) is 14.7. The standard InChI is InChI=1S/C17H18ClFO/c1-11(2)12-6-8-13(9-7-12)16(20)10-14-4-3-5-15(18)17(14)19/h3-9,11,16,20H,10H2,1-2H3. The lowest BCUT2D eigenvalue weighted by molar-refractivity contribution is 0.177. The van der Waals surface area contributed by atoms with Crippen molar-refractivity contribution in [1.82, 2.24) is 0 Å². The Bertz CT molecular complexity index is 578. The Hall–Kier alpha value is -1.38. The Morgan fingerprint density at radius 1 is 1.05 bits per heavy atom. The van der Waals surface area contributed by atoms with Gasteiger partial charge in [0.15, 0.2) is 0 Å². The molecule has 0 aliphatic rings. The summed E-state index contributed by atoms with van der Waals surface area (Å²) in [5.74, 6) is -0.00131. The van der Waals surface area contributed by atoms with Gasteiger partial charge in [0.25, 0.3) is 0 Å². The third-order valence-corrected chi connectivity index (χ3v) is 3.72. The quantitative estimate of drug-likeness (QED) is 0.851. The summed E-state index contributed by atoms with van der Waals surface area (Å²) in [5, 5.41) is 10.3. The van der Waals surface area contributed by atoms with E-state index in [9.17, 15) is 9.50 Å². The van der Waals surface area contributed by atoms with Gasteiger partial charge in [-0.05, 0) is 28.7 Å². The highest BCUT2D eigenvalue weighted by atomic mass is 35.5. The fraction of sp³-hybridized carbons (Fsp3) is 0.294. The van der Waals surface area contributed by atoms with Gasteiger partial charge in [-0.15, -0.1) is 0 Å². The lowest BCUT2D eigenvalue weighted by atomic mass is 9.97. The molecule has 0 aliphatic carbocycles. The molecule has 20 heavy (non-hydrogen) atoms. The van der Waals surface area contributed by atoms with Crippen LogP contribution >= 0.6 is 11.6 Å². The van der Waals surface area contributed by atoms with E-state index in [1.807, 2.05) is 24.3 Å². The van der Waals surface area contributed by atoms with Crippen molar-refractivity contribution in [3.05, 3.63) is 70.0 Å². The molecule has 0 aromatic heterocycles. The molecule has 1 unspecified atom stereocenters. The van der Waals surface area contributed by atoms with Crippen LogP contribution in [0.1, 0.15) is 42.6 Å². The first-order chi connectivity index (χ1) is 9.49. The smallest absolute Gasteiger partial charge is 0.145 e. The van der Waals surface area contributed by atoms with Gasteiger partial charge in [-0.3, -0.25) is 0 Å². The van der Waals surface area contributed by atoms with Crippen LogP contribution in [0.25, 0.3) is 0 Å². The zero-order valence-electron chi connectivity index (χ0n) is 11.6. The number of halogens is 2. The number of rotatable bonds is 4. The van der Waals surface area contributed by atoms with E-state index in [-0.39, 0.29) is 11.4 Å². The highest BCUT2D eigenvalue weighted by molar-refractivity contribution is 6.30. The molecule has 3 heteroatoms. The number of hydrogen-bond acceptors (Lipinski definition) is 1. The molecule has 0 saturated heterocycles. The molecule has 0 saturated carbocycles. The van der Waals surface area contributed by atoms with E-state index in [4.69, 9.17) is 11.6 Å². The van der Waals surface area contributed by atoms with Crippen molar-refractivity contribution in [3.8, 4) is 0 Å². The summed E-state index contributed by atoms with van der Waals surface area (Å²) < 4.78 is 13.8. The van der Waals surface area contributed by atoms with Crippen LogP contribution in [0.15, 0.2) is 42.5 Å². The van der Waals surface area contributed by atoms with Crippen molar-refractivity contribution < 1.29 is 9.50 Å². The van der Waals surface area contributed by atoms with Gasteiger partial charge in [-0.1, -0.05) is 61.8 Å². The molecule has 0 bridgehead atoms. The Kier molecular flexibility index (Phi) is 4.79. The van der Waals surface area contributed by atoms with Crippen molar-refractivity contribution >= 4 is 11.6 Å². The SMILES string of the molecule is CC(C)c1ccc(C(O)Cc2cccc(Cl)c2F)cc1. The highest BCUT2D eigenvalue weighted by Gasteiger charge is 2.13. The largest absolute Gasteiger partial charge is 0.388 e. The maximum atomic E-state index is 13.8. The second-order valence-corrected chi connectivity index (χ2v) is 5.66. The maximum absolute atomic E-state index is 13.8. The number of benzene rings is 2. The highest BCUT2D eigenvalue weighted by Crippen LogP contribution is 2.25. The second kappa shape index (κ2) is 6.38. The average Bonchev–Trinajstić information content (AvgIpc) is 2.44. The van der Waals surface area contributed by atoms with Crippen molar-refractivity contribution in [2.45, 2.75) is 32.3 Å². The van der Waals surface area contributed by atoms with E-state index in [0.29, 0.717) is 11.5 Å². The van der Waals surface area contributed by atoms with Crippen molar-refractivity contribution in [1.29, 1.82) is 0 Å². The van der Waals surface area contributed by atoms with E-state index in [2.05, 4.69) is 13.8 Å². The molecule has 0 amide bonds. The average molecular weight is 293 g/mol. The van der Waals surface area contributed by atoms with Crippen LogP contribution in [0.4, 0.5) is 4.39 Å². The lowest BCUT2D eigenvalue weighted by Crippen LogP contribution is -2.04. The van der Waals surface area contributed by atoms with Gasteiger partial charge in [0, 0.05) is 6.42 Å². The van der Waals surface area contributed by atoms with Gasteiger partial charge in [-0.25, -0.2) is 4.39 Å². The van der Waals surface area contributed by atoms with Gasteiger partial charge in [0.1, 0.15) is 5.82 Å². The Morgan fingerprint density at radius 3 is 2.25 bits per heavy atom. The molecule has 0 heterocycles. The molecule has 106 valence electrons. The minimum absolute atomic E-state index is 0.0878. The molecule has 0 fully saturated rings. The molecule has 1 atom stereocenters. The summed E-state index contributed by atoms with van der Waals surface area (Å²) in [6.07, 6.45) is -0.517. The molecule has 2 aromatic rings. The Morgan fingerprint density at radius 2 is 1.65 bits per heavy atom. The molecule has 1 nitrogen and oxygen atoms in total. The first-order valence-electron chi connectivity index (χ1n) is 6.70. The summed E-state index contributed by atoms with van der Waals surface area (Å²) in [6, 6.07) is 12.6. The number of aliphatic hydroxyl groups excluding tert-OH is 1. The van der Waals surface area contributed by atoms with Gasteiger partial charge in [0.2, 0.25) is 0 Å². The van der Waals surface area contributed by atoms with Gasteiger partial charge >= 0.3 is 0 Å². The third-order valence-electron chi connectivity index (χ3n) is 3.43. The van der Waals surface area contributed by atoms with E-state index in [1.165, 1.54) is 11.6 Å². The lowest BCUT2D eigenvalue weighted by Gasteiger charge is -2.13. The monoisotopic (exact) mass is 292 g/mol. The Balaban J connectivity index is 2.15. The molecule has 0 spiro atoms. The topological polar surface area (TPSA) is 20.2 Å². The Labute approximate surface area is 124 Å². The van der Waals surface area contributed by atoms with Crippen LogP contribution < -0.4 is 0 Å². The second-order valence-electron chi connectivity index (χ2n) is 5.25. The molecular formula is C17H18ClFO. The van der Waals surface area contributed by atoms with E-state index >= 15 is 0 Å².